The number of aromatic nitrogens is 3. The third-order valence-corrected chi connectivity index (χ3v) is 4.80. The molecule has 0 saturated carbocycles. The number of nitrogens with zero attached hydrogens (tertiary/aromatic N) is 3. The average Bonchev–Trinajstić information content (AvgIpc) is 3.06. The highest BCUT2D eigenvalue weighted by atomic mass is 16.4. The molecule has 0 aromatic carbocycles. The Bertz CT molecular complexity index is 963. The van der Waals surface area contributed by atoms with E-state index >= 15 is 0 Å². The van der Waals surface area contributed by atoms with Gasteiger partial charge in [0.05, 0.1) is 17.8 Å². The molecule has 0 unspecified atom stereocenters. The molecule has 0 saturated heterocycles. The highest BCUT2D eigenvalue weighted by Gasteiger charge is 2.18. The third-order valence-electron chi connectivity index (χ3n) is 4.80. The van der Waals surface area contributed by atoms with Crippen molar-refractivity contribution < 1.29 is 15.0 Å². The van der Waals surface area contributed by atoms with Gasteiger partial charge in [0.1, 0.15) is 0 Å². The van der Waals surface area contributed by atoms with Crippen molar-refractivity contribution >= 4 is 11.5 Å². The first kappa shape index (κ1) is 19.0. The van der Waals surface area contributed by atoms with Gasteiger partial charge in [-0.3, -0.25) is 9.78 Å². The molecule has 0 aliphatic heterocycles. The lowest BCUT2D eigenvalue weighted by Crippen LogP contribution is -2.09. The molecular weight excluding hydrogens is 342 g/mol. The molecule has 27 heavy (non-hydrogen) atoms. The zero-order chi connectivity index (χ0) is 19.4. The lowest BCUT2D eigenvalue weighted by atomic mass is 9.95. The van der Waals surface area contributed by atoms with Crippen LogP contribution in [0.25, 0.3) is 16.6 Å². The first-order chi connectivity index (χ1) is 13.0. The van der Waals surface area contributed by atoms with Crippen molar-refractivity contribution in [3.8, 4) is 11.1 Å². The van der Waals surface area contributed by atoms with Crippen molar-refractivity contribution in [1.82, 2.24) is 14.6 Å². The second kappa shape index (κ2) is 8.31. The Morgan fingerprint density at radius 1 is 1.22 bits per heavy atom. The first-order valence-electron chi connectivity index (χ1n) is 9.32. The first-order valence-corrected chi connectivity index (χ1v) is 9.32. The van der Waals surface area contributed by atoms with Crippen LogP contribution in [0.3, 0.4) is 0 Å². The summed E-state index contributed by atoms with van der Waals surface area (Å²) >= 11 is 0. The summed E-state index contributed by atoms with van der Waals surface area (Å²) in [6.07, 6.45) is 6.64. The van der Waals surface area contributed by atoms with Crippen LogP contribution in [0.2, 0.25) is 0 Å². The van der Waals surface area contributed by atoms with E-state index in [0.29, 0.717) is 18.5 Å². The Kier molecular flexibility index (Phi) is 5.86. The van der Waals surface area contributed by atoms with E-state index in [-0.39, 0.29) is 13.0 Å². The Labute approximate surface area is 158 Å². The zero-order valence-corrected chi connectivity index (χ0v) is 15.8. The molecule has 0 fully saturated rings. The predicted octanol–water partition coefficient (Wildman–Crippen LogP) is 3.56. The summed E-state index contributed by atoms with van der Waals surface area (Å²) in [6, 6.07) is 6.21. The van der Waals surface area contributed by atoms with Gasteiger partial charge in [-0.1, -0.05) is 6.92 Å². The van der Waals surface area contributed by atoms with E-state index in [1.165, 1.54) is 0 Å². The van der Waals surface area contributed by atoms with Gasteiger partial charge in [0, 0.05) is 35.6 Å². The Balaban J connectivity index is 2.15. The number of hydrogen-bond acceptors (Lipinski definition) is 4. The van der Waals surface area contributed by atoms with Crippen LogP contribution >= 0.6 is 0 Å². The Hall–Kier alpha value is -2.73. The maximum Gasteiger partial charge on any atom is 0.303 e. The maximum atomic E-state index is 10.8. The number of aryl methyl sites for hydroxylation is 2. The molecule has 0 atom stereocenters. The van der Waals surface area contributed by atoms with Crippen LogP contribution in [-0.2, 0) is 24.2 Å². The van der Waals surface area contributed by atoms with Crippen LogP contribution in [0, 0.1) is 6.92 Å². The van der Waals surface area contributed by atoms with Crippen molar-refractivity contribution in [1.29, 1.82) is 0 Å². The topological polar surface area (TPSA) is 87.7 Å². The predicted molar refractivity (Wildman–Crippen MR) is 104 cm³/mol. The Morgan fingerprint density at radius 2 is 2.04 bits per heavy atom. The van der Waals surface area contributed by atoms with Crippen LogP contribution in [0.4, 0.5) is 0 Å². The monoisotopic (exact) mass is 367 g/mol. The molecule has 3 aromatic heterocycles. The van der Waals surface area contributed by atoms with E-state index in [1.807, 2.05) is 23.8 Å². The number of aliphatic hydroxyl groups is 1. The summed E-state index contributed by atoms with van der Waals surface area (Å²) < 4.78 is 1.91. The van der Waals surface area contributed by atoms with Gasteiger partial charge in [0.15, 0.2) is 0 Å². The highest BCUT2D eigenvalue weighted by Crippen LogP contribution is 2.32. The minimum atomic E-state index is -0.784. The quantitative estimate of drug-likeness (QED) is 0.595. The van der Waals surface area contributed by atoms with Crippen molar-refractivity contribution in [2.75, 3.05) is 0 Å². The van der Waals surface area contributed by atoms with E-state index in [0.717, 1.165) is 46.3 Å². The smallest absolute Gasteiger partial charge is 0.303 e. The molecule has 3 rings (SSSR count). The minimum absolute atomic E-state index is 0.149. The van der Waals surface area contributed by atoms with Gasteiger partial charge < -0.3 is 10.2 Å². The standard InChI is InChI=1S/C21H25N3O3/c1-3-16-8-9-19-21(15-10-14(2)11-22-12-15)17(6-4-5-7-20(26)27)18(13-25)23-24(16)19/h8-12,25H,3-7,13H2,1-2H3,(H,26,27). The SMILES string of the molecule is CCc1ccc2c(-c3cncc(C)c3)c(CCCCC(=O)O)c(CO)nn12. The zero-order valence-electron chi connectivity index (χ0n) is 15.8. The number of rotatable bonds is 8. The fraction of sp³-hybridized carbons (Fsp3) is 0.381. The lowest BCUT2D eigenvalue weighted by Gasteiger charge is -2.16. The number of carbonyl (C=O) groups is 1. The number of unbranched alkanes of at least 4 members (excludes halogenated alkanes) is 1. The Morgan fingerprint density at radius 3 is 2.70 bits per heavy atom. The second-order valence-electron chi connectivity index (χ2n) is 6.79. The molecule has 0 amide bonds. The molecule has 2 N–H and O–H groups in total. The summed E-state index contributed by atoms with van der Waals surface area (Å²) in [6.45, 7) is 3.93. The molecular formula is C21H25N3O3. The number of hydrogen-bond donors (Lipinski definition) is 2. The molecule has 142 valence electrons. The lowest BCUT2D eigenvalue weighted by molar-refractivity contribution is -0.137. The molecule has 6 nitrogen and oxygen atoms in total. The van der Waals surface area contributed by atoms with Gasteiger partial charge in [-0.25, -0.2) is 4.52 Å². The van der Waals surface area contributed by atoms with Crippen LogP contribution in [0.15, 0.2) is 30.6 Å². The van der Waals surface area contributed by atoms with Crippen molar-refractivity contribution in [2.45, 2.75) is 52.6 Å². The molecule has 0 aliphatic carbocycles. The van der Waals surface area contributed by atoms with E-state index in [2.05, 4.69) is 35.2 Å². The number of aliphatic hydroxyl groups excluding tert-OH is 1. The van der Waals surface area contributed by atoms with Gasteiger partial charge in [-0.05, 0) is 61.9 Å². The summed E-state index contributed by atoms with van der Waals surface area (Å²) in [7, 11) is 0. The molecule has 6 heteroatoms. The molecule has 0 bridgehead atoms. The van der Waals surface area contributed by atoms with Crippen molar-refractivity contribution in [3.05, 3.63) is 53.1 Å². The molecule has 0 aliphatic rings. The number of carboxylic acids is 1. The fourth-order valence-electron chi connectivity index (χ4n) is 3.51. The van der Waals surface area contributed by atoms with Gasteiger partial charge in [0.2, 0.25) is 0 Å². The van der Waals surface area contributed by atoms with Crippen LogP contribution in [0.1, 0.15) is 48.7 Å². The van der Waals surface area contributed by atoms with Gasteiger partial charge >= 0.3 is 5.97 Å². The van der Waals surface area contributed by atoms with Crippen LogP contribution < -0.4 is 0 Å². The van der Waals surface area contributed by atoms with Gasteiger partial charge in [-0.15, -0.1) is 0 Å². The number of carboxylic acid groups (broad SMARTS) is 1. The van der Waals surface area contributed by atoms with E-state index in [1.54, 1.807) is 0 Å². The molecule has 3 aromatic rings. The summed E-state index contributed by atoms with van der Waals surface area (Å²) in [5, 5.41) is 23.5. The molecule has 3 heterocycles. The van der Waals surface area contributed by atoms with Crippen molar-refractivity contribution in [2.24, 2.45) is 0 Å². The fourth-order valence-corrected chi connectivity index (χ4v) is 3.51. The van der Waals surface area contributed by atoms with Crippen molar-refractivity contribution in [3.63, 3.8) is 0 Å². The number of fused-ring (bicyclic) bond motifs is 1. The molecule has 0 spiro atoms. The van der Waals surface area contributed by atoms with Crippen LogP contribution in [0.5, 0.6) is 0 Å². The molecule has 0 radical (unpaired) electrons. The summed E-state index contributed by atoms with van der Waals surface area (Å²) in [5.41, 5.74) is 6.77. The van der Waals surface area contributed by atoms with E-state index < -0.39 is 5.97 Å². The largest absolute Gasteiger partial charge is 0.481 e. The number of pyridine rings is 1. The highest BCUT2D eigenvalue weighted by molar-refractivity contribution is 5.83. The maximum absolute atomic E-state index is 10.8. The third kappa shape index (κ3) is 4.01. The van der Waals surface area contributed by atoms with Gasteiger partial charge in [-0.2, -0.15) is 5.10 Å². The number of aliphatic carboxylic acids is 1. The summed E-state index contributed by atoms with van der Waals surface area (Å²) in [4.78, 5) is 15.1. The normalized spacial score (nSPS) is 11.2. The van der Waals surface area contributed by atoms with E-state index in [9.17, 15) is 9.90 Å². The van der Waals surface area contributed by atoms with Gasteiger partial charge in [0.25, 0.3) is 0 Å². The second-order valence-corrected chi connectivity index (χ2v) is 6.79. The van der Waals surface area contributed by atoms with E-state index in [4.69, 9.17) is 5.11 Å². The minimum Gasteiger partial charge on any atom is -0.481 e. The van der Waals surface area contributed by atoms with Crippen LogP contribution in [-0.4, -0.2) is 30.8 Å². The summed E-state index contributed by atoms with van der Waals surface area (Å²) in [5.74, 6) is -0.784. The average molecular weight is 367 g/mol.